The van der Waals surface area contributed by atoms with Gasteiger partial charge in [0, 0.05) is 12.7 Å². The van der Waals surface area contributed by atoms with E-state index in [1.165, 1.54) is 35.9 Å². The van der Waals surface area contributed by atoms with Gasteiger partial charge >= 0.3 is 5.97 Å². The first-order valence-corrected chi connectivity index (χ1v) is 14.1. The van der Waals surface area contributed by atoms with Crippen molar-refractivity contribution in [1.82, 2.24) is 4.57 Å². The fraction of sp³-hybridized carbons (Fsp3) is 0.286. The monoisotopic (exact) mass is 510 g/mol. The Labute approximate surface area is 195 Å². The Morgan fingerprint density at radius 1 is 1.03 bits per heavy atom. The maximum absolute atomic E-state index is 12.5. The minimum Gasteiger partial charge on any atom is -0.468 e. The van der Waals surface area contributed by atoms with Gasteiger partial charge in [0.1, 0.15) is 6.54 Å². The third kappa shape index (κ3) is 6.15. The lowest BCUT2D eigenvalue weighted by atomic mass is 10.3. The van der Waals surface area contributed by atoms with E-state index >= 15 is 0 Å². The minimum absolute atomic E-state index is 0.0830. The van der Waals surface area contributed by atoms with Gasteiger partial charge in [-0.3, -0.25) is 9.59 Å². The zero-order chi connectivity index (χ0) is 24.2. The molecule has 0 bridgehead atoms. The van der Waals surface area contributed by atoms with Crippen LogP contribution in [0.4, 0.5) is 0 Å². The van der Waals surface area contributed by atoms with E-state index in [4.69, 9.17) is 4.74 Å². The molecule has 1 amide bonds. The molecule has 3 rings (SSSR count). The van der Waals surface area contributed by atoms with Crippen LogP contribution in [-0.2, 0) is 40.5 Å². The SMILES string of the molecule is COC(=O)Cn1c(=NC(=O)CCCS(=O)(=O)c2ccccc2)sc2cc(S(C)(=O)=O)ccc21. The molecule has 9 nitrogen and oxygen atoms in total. The summed E-state index contributed by atoms with van der Waals surface area (Å²) in [7, 11) is -5.73. The number of carbonyl (C=O) groups excluding carboxylic acids is 2. The molecule has 176 valence electrons. The fourth-order valence-corrected chi connectivity index (χ4v) is 6.18. The van der Waals surface area contributed by atoms with Crippen LogP contribution >= 0.6 is 11.3 Å². The molecule has 0 saturated carbocycles. The van der Waals surface area contributed by atoms with Crippen LogP contribution in [0, 0.1) is 0 Å². The molecule has 33 heavy (non-hydrogen) atoms. The number of fused-ring (bicyclic) bond motifs is 1. The highest BCUT2D eigenvalue weighted by molar-refractivity contribution is 7.91. The summed E-state index contributed by atoms with van der Waals surface area (Å²) in [5, 5.41) is 0. The predicted octanol–water partition coefficient (Wildman–Crippen LogP) is 1.96. The summed E-state index contributed by atoms with van der Waals surface area (Å²) in [4.78, 5) is 28.9. The zero-order valence-electron chi connectivity index (χ0n) is 17.9. The van der Waals surface area contributed by atoms with Crippen LogP contribution in [0.15, 0.2) is 63.3 Å². The van der Waals surface area contributed by atoms with E-state index < -0.39 is 31.6 Å². The Morgan fingerprint density at radius 3 is 2.36 bits per heavy atom. The van der Waals surface area contributed by atoms with E-state index in [-0.39, 0.29) is 39.7 Å². The van der Waals surface area contributed by atoms with Gasteiger partial charge in [0.05, 0.1) is 32.9 Å². The second-order valence-electron chi connectivity index (χ2n) is 7.19. The molecule has 0 saturated heterocycles. The quantitative estimate of drug-likeness (QED) is 0.424. The van der Waals surface area contributed by atoms with Gasteiger partial charge in [-0.2, -0.15) is 4.99 Å². The Bertz CT molecular complexity index is 1470. The number of sulfone groups is 2. The van der Waals surface area contributed by atoms with E-state index in [9.17, 15) is 26.4 Å². The summed E-state index contributed by atoms with van der Waals surface area (Å²) < 4.78 is 55.2. The van der Waals surface area contributed by atoms with Crippen molar-refractivity contribution in [3.63, 3.8) is 0 Å². The summed E-state index contributed by atoms with van der Waals surface area (Å²) in [5.41, 5.74) is 0.524. The number of hydrogen-bond donors (Lipinski definition) is 0. The number of amides is 1. The summed E-state index contributed by atoms with van der Waals surface area (Å²) in [5.74, 6) is -1.32. The molecule has 0 radical (unpaired) electrons. The van der Waals surface area contributed by atoms with Gasteiger partial charge in [0.25, 0.3) is 0 Å². The normalized spacial score (nSPS) is 12.7. The smallest absolute Gasteiger partial charge is 0.325 e. The van der Waals surface area contributed by atoms with E-state index in [2.05, 4.69) is 4.99 Å². The number of carbonyl (C=O) groups is 2. The molecule has 0 aliphatic heterocycles. The van der Waals surface area contributed by atoms with Crippen LogP contribution in [-0.4, -0.2) is 52.4 Å². The standard InChI is InChI=1S/C21H22N2O7S3/c1-30-20(25)14-23-17-11-10-16(32(2,26)27)13-18(17)31-21(23)22-19(24)9-6-12-33(28,29)15-7-4-3-5-8-15/h3-5,7-8,10-11,13H,6,9,12,14H2,1-2H3. The van der Waals surface area contributed by atoms with Gasteiger partial charge in [0.2, 0.25) is 5.91 Å². The second-order valence-corrected chi connectivity index (χ2v) is 12.3. The molecule has 3 aromatic rings. The number of esters is 1. The van der Waals surface area contributed by atoms with E-state index in [0.29, 0.717) is 10.2 Å². The van der Waals surface area contributed by atoms with Crippen LogP contribution < -0.4 is 4.80 Å². The molecule has 0 N–H and O–H groups in total. The predicted molar refractivity (Wildman–Crippen MR) is 123 cm³/mol. The Balaban J connectivity index is 1.87. The number of rotatable bonds is 8. The van der Waals surface area contributed by atoms with Gasteiger partial charge in [-0.05, 0) is 36.8 Å². The number of ether oxygens (including phenoxy) is 1. The highest BCUT2D eigenvalue weighted by atomic mass is 32.2. The van der Waals surface area contributed by atoms with Crippen LogP contribution in [0.25, 0.3) is 10.2 Å². The largest absolute Gasteiger partial charge is 0.468 e. The third-order valence-electron chi connectivity index (χ3n) is 4.72. The highest BCUT2D eigenvalue weighted by Gasteiger charge is 2.17. The molecule has 1 heterocycles. The minimum atomic E-state index is -3.51. The Kier molecular flexibility index (Phi) is 7.50. The van der Waals surface area contributed by atoms with Crippen molar-refractivity contribution in [2.75, 3.05) is 19.1 Å². The summed E-state index contributed by atoms with van der Waals surface area (Å²) in [6.45, 7) is -0.219. The van der Waals surface area contributed by atoms with Gasteiger partial charge in [-0.15, -0.1) is 0 Å². The average molecular weight is 511 g/mol. The van der Waals surface area contributed by atoms with Crippen molar-refractivity contribution in [2.45, 2.75) is 29.2 Å². The zero-order valence-corrected chi connectivity index (χ0v) is 20.4. The maximum Gasteiger partial charge on any atom is 0.325 e. The van der Waals surface area contributed by atoms with Gasteiger partial charge in [-0.1, -0.05) is 29.5 Å². The fourth-order valence-electron chi connectivity index (χ4n) is 3.04. The Hall–Kier alpha value is -2.83. The number of aromatic nitrogens is 1. The van der Waals surface area contributed by atoms with Crippen molar-refractivity contribution in [3.8, 4) is 0 Å². The average Bonchev–Trinajstić information content (AvgIpc) is 3.09. The third-order valence-corrected chi connectivity index (χ3v) is 8.69. The molecular formula is C21H22N2O7S3. The van der Waals surface area contributed by atoms with E-state index in [1.807, 2.05) is 0 Å². The van der Waals surface area contributed by atoms with E-state index in [1.54, 1.807) is 24.3 Å². The first-order valence-electron chi connectivity index (χ1n) is 9.77. The van der Waals surface area contributed by atoms with E-state index in [0.717, 1.165) is 17.6 Å². The molecule has 1 aromatic heterocycles. The molecular weight excluding hydrogens is 488 g/mol. The molecule has 0 spiro atoms. The number of benzene rings is 2. The lowest BCUT2D eigenvalue weighted by molar-refractivity contribution is -0.141. The first kappa shape index (κ1) is 24.8. The lowest BCUT2D eigenvalue weighted by Gasteiger charge is -2.04. The maximum atomic E-state index is 12.5. The Morgan fingerprint density at radius 2 is 1.73 bits per heavy atom. The molecule has 0 unspecified atom stereocenters. The van der Waals surface area contributed by atoms with Crippen LogP contribution in [0.5, 0.6) is 0 Å². The van der Waals surface area contributed by atoms with Gasteiger partial charge in [-0.25, -0.2) is 16.8 Å². The van der Waals surface area contributed by atoms with Gasteiger partial charge < -0.3 is 9.30 Å². The molecule has 0 atom stereocenters. The first-order chi connectivity index (χ1) is 15.5. The van der Waals surface area contributed by atoms with Crippen LogP contribution in [0.3, 0.4) is 0 Å². The molecule has 0 aliphatic rings. The number of nitrogens with zero attached hydrogens (tertiary/aromatic N) is 2. The summed E-state index contributed by atoms with van der Waals surface area (Å²) in [6, 6.07) is 12.4. The van der Waals surface area contributed by atoms with Gasteiger partial charge in [0.15, 0.2) is 24.5 Å². The summed E-state index contributed by atoms with van der Waals surface area (Å²) >= 11 is 1.06. The number of thiazole rings is 1. The van der Waals surface area contributed by atoms with Crippen LogP contribution in [0.2, 0.25) is 0 Å². The second kappa shape index (κ2) is 9.98. The molecule has 12 heteroatoms. The number of hydrogen-bond acceptors (Lipinski definition) is 8. The number of methoxy groups -OCH3 is 1. The van der Waals surface area contributed by atoms with Crippen molar-refractivity contribution >= 4 is 53.1 Å². The van der Waals surface area contributed by atoms with Crippen LogP contribution in [0.1, 0.15) is 12.8 Å². The molecule has 2 aromatic carbocycles. The molecule has 0 aliphatic carbocycles. The lowest BCUT2D eigenvalue weighted by Crippen LogP contribution is -2.22. The van der Waals surface area contributed by atoms with Crippen molar-refractivity contribution in [1.29, 1.82) is 0 Å². The van der Waals surface area contributed by atoms with Crippen molar-refractivity contribution < 1.29 is 31.2 Å². The highest BCUT2D eigenvalue weighted by Crippen LogP contribution is 2.22. The topological polar surface area (TPSA) is 129 Å². The van der Waals surface area contributed by atoms with Crippen molar-refractivity contribution in [3.05, 3.63) is 53.3 Å². The van der Waals surface area contributed by atoms with Crippen molar-refractivity contribution in [2.24, 2.45) is 4.99 Å². The molecule has 0 fully saturated rings. The summed E-state index contributed by atoms with van der Waals surface area (Å²) in [6.07, 6.45) is 1.06.